The number of hydrogen-bond donors (Lipinski definition) is 0. The first kappa shape index (κ1) is 11.8. The summed E-state index contributed by atoms with van der Waals surface area (Å²) in [5.74, 6) is -1.33. The third-order valence-corrected chi connectivity index (χ3v) is 3.63. The molecule has 0 saturated carbocycles. The lowest BCUT2D eigenvalue weighted by Gasteiger charge is -2.02. The molecule has 19 heavy (non-hydrogen) atoms. The van der Waals surface area contributed by atoms with Crippen molar-refractivity contribution < 1.29 is 8.78 Å². The summed E-state index contributed by atoms with van der Waals surface area (Å²) in [6, 6.07) is 7.85. The summed E-state index contributed by atoms with van der Waals surface area (Å²) in [6.45, 7) is 0.0365. The number of fused-ring (bicyclic) bond motifs is 1. The SMILES string of the molecule is N#CCn1c(-c2cccs2)nc2cc(F)c(F)cc21. The molecule has 3 aromatic rings. The highest BCUT2D eigenvalue weighted by atomic mass is 32.1. The first-order valence-electron chi connectivity index (χ1n) is 5.47. The van der Waals surface area contributed by atoms with Crippen LogP contribution in [-0.4, -0.2) is 9.55 Å². The Morgan fingerprint density at radius 1 is 1.32 bits per heavy atom. The Hall–Kier alpha value is -2.26. The van der Waals surface area contributed by atoms with Crippen LogP contribution in [0.5, 0.6) is 0 Å². The van der Waals surface area contributed by atoms with E-state index in [4.69, 9.17) is 5.26 Å². The zero-order valence-electron chi connectivity index (χ0n) is 9.60. The van der Waals surface area contributed by atoms with E-state index in [1.54, 1.807) is 4.57 Å². The molecule has 0 spiro atoms. The lowest BCUT2D eigenvalue weighted by molar-refractivity contribution is 0.510. The van der Waals surface area contributed by atoms with Gasteiger partial charge in [0.2, 0.25) is 0 Å². The highest BCUT2D eigenvalue weighted by Crippen LogP contribution is 2.29. The molecule has 0 amide bonds. The topological polar surface area (TPSA) is 41.6 Å². The zero-order valence-corrected chi connectivity index (χ0v) is 10.4. The maximum atomic E-state index is 13.3. The number of aromatic nitrogens is 2. The van der Waals surface area contributed by atoms with E-state index in [1.807, 2.05) is 23.6 Å². The number of imidazole rings is 1. The van der Waals surface area contributed by atoms with Gasteiger partial charge in [-0.3, -0.25) is 0 Å². The molecule has 0 unspecified atom stereocenters. The van der Waals surface area contributed by atoms with Crippen molar-refractivity contribution in [3.05, 3.63) is 41.3 Å². The van der Waals surface area contributed by atoms with E-state index in [1.165, 1.54) is 11.3 Å². The summed E-state index contributed by atoms with van der Waals surface area (Å²) < 4.78 is 28.1. The van der Waals surface area contributed by atoms with Crippen molar-refractivity contribution in [2.75, 3.05) is 0 Å². The third-order valence-electron chi connectivity index (χ3n) is 2.76. The molecule has 0 bridgehead atoms. The molecule has 0 atom stereocenters. The zero-order chi connectivity index (χ0) is 13.4. The van der Waals surface area contributed by atoms with E-state index in [2.05, 4.69) is 4.98 Å². The van der Waals surface area contributed by atoms with Crippen molar-refractivity contribution in [3.8, 4) is 16.8 Å². The van der Waals surface area contributed by atoms with Crippen LogP contribution in [0.25, 0.3) is 21.7 Å². The van der Waals surface area contributed by atoms with Crippen LogP contribution in [0.3, 0.4) is 0 Å². The molecule has 0 aliphatic carbocycles. The van der Waals surface area contributed by atoms with E-state index in [0.717, 1.165) is 17.0 Å². The first-order valence-corrected chi connectivity index (χ1v) is 6.35. The molecule has 3 rings (SSSR count). The highest BCUT2D eigenvalue weighted by molar-refractivity contribution is 7.13. The third kappa shape index (κ3) is 1.88. The van der Waals surface area contributed by atoms with Gasteiger partial charge in [-0.2, -0.15) is 5.26 Å². The molecular weight excluding hydrogens is 268 g/mol. The minimum atomic E-state index is -0.940. The Labute approximate surface area is 111 Å². The van der Waals surface area contributed by atoms with E-state index in [9.17, 15) is 8.78 Å². The fraction of sp³-hybridized carbons (Fsp3) is 0.0769. The fourth-order valence-corrected chi connectivity index (χ4v) is 2.67. The quantitative estimate of drug-likeness (QED) is 0.717. The fourth-order valence-electron chi connectivity index (χ4n) is 1.94. The Morgan fingerprint density at radius 2 is 2.11 bits per heavy atom. The van der Waals surface area contributed by atoms with Crippen LogP contribution in [-0.2, 0) is 6.54 Å². The number of nitrogens with zero attached hydrogens (tertiary/aromatic N) is 3. The molecule has 0 aliphatic rings. The summed E-state index contributed by atoms with van der Waals surface area (Å²) in [5.41, 5.74) is 0.765. The summed E-state index contributed by atoms with van der Waals surface area (Å²) in [4.78, 5) is 5.15. The minimum absolute atomic E-state index is 0.0365. The average molecular weight is 275 g/mol. The lowest BCUT2D eigenvalue weighted by Crippen LogP contribution is -1.98. The monoisotopic (exact) mass is 275 g/mol. The maximum Gasteiger partial charge on any atom is 0.161 e. The molecule has 0 aliphatic heterocycles. The minimum Gasteiger partial charge on any atom is -0.309 e. The van der Waals surface area contributed by atoms with Crippen LogP contribution in [0.15, 0.2) is 29.6 Å². The molecule has 0 radical (unpaired) electrons. The highest BCUT2D eigenvalue weighted by Gasteiger charge is 2.15. The number of halogens is 2. The first-order chi connectivity index (χ1) is 9.20. The number of nitriles is 1. The van der Waals surface area contributed by atoms with Crippen molar-refractivity contribution in [1.82, 2.24) is 9.55 Å². The van der Waals surface area contributed by atoms with Crippen molar-refractivity contribution in [2.24, 2.45) is 0 Å². The van der Waals surface area contributed by atoms with Gasteiger partial charge in [-0.1, -0.05) is 6.07 Å². The van der Waals surface area contributed by atoms with Gasteiger partial charge < -0.3 is 4.57 Å². The molecule has 6 heteroatoms. The van der Waals surface area contributed by atoms with Gasteiger partial charge in [0.15, 0.2) is 17.5 Å². The average Bonchev–Trinajstić information content (AvgIpc) is 3.00. The molecular formula is C13H7F2N3S. The van der Waals surface area contributed by atoms with E-state index in [-0.39, 0.29) is 6.54 Å². The van der Waals surface area contributed by atoms with Crippen molar-refractivity contribution in [3.63, 3.8) is 0 Å². The van der Waals surface area contributed by atoms with Crippen molar-refractivity contribution >= 4 is 22.4 Å². The second-order valence-electron chi connectivity index (χ2n) is 3.91. The molecule has 0 N–H and O–H groups in total. The summed E-state index contributed by atoms with van der Waals surface area (Å²) in [7, 11) is 0. The molecule has 0 fully saturated rings. The predicted molar refractivity (Wildman–Crippen MR) is 68.6 cm³/mol. The summed E-state index contributed by atoms with van der Waals surface area (Å²) in [6.07, 6.45) is 0. The van der Waals surface area contributed by atoms with E-state index < -0.39 is 11.6 Å². The molecule has 2 aromatic heterocycles. The molecule has 1 aromatic carbocycles. The van der Waals surface area contributed by atoms with Crippen molar-refractivity contribution in [2.45, 2.75) is 6.54 Å². The Balaban J connectivity index is 2.33. The van der Waals surface area contributed by atoms with Crippen molar-refractivity contribution in [1.29, 1.82) is 5.26 Å². The Kier molecular flexibility index (Phi) is 2.76. The van der Waals surface area contributed by atoms with E-state index in [0.29, 0.717) is 16.9 Å². The van der Waals surface area contributed by atoms with Gasteiger partial charge in [-0.25, -0.2) is 13.8 Å². The number of hydrogen-bond acceptors (Lipinski definition) is 3. The molecule has 94 valence electrons. The van der Waals surface area contributed by atoms with Crippen LogP contribution in [0.1, 0.15) is 0 Å². The summed E-state index contributed by atoms with van der Waals surface area (Å²) in [5, 5.41) is 10.8. The molecule has 0 saturated heterocycles. The number of rotatable bonds is 2. The lowest BCUT2D eigenvalue weighted by atomic mass is 10.3. The van der Waals surface area contributed by atoms with Gasteiger partial charge in [-0.15, -0.1) is 11.3 Å². The van der Waals surface area contributed by atoms with Crippen LogP contribution in [0.2, 0.25) is 0 Å². The summed E-state index contributed by atoms with van der Waals surface area (Å²) >= 11 is 1.46. The van der Waals surface area contributed by atoms with Gasteiger partial charge in [-0.05, 0) is 11.4 Å². The smallest absolute Gasteiger partial charge is 0.161 e. The van der Waals surface area contributed by atoms with Gasteiger partial charge in [0.05, 0.1) is 22.0 Å². The molecule has 3 nitrogen and oxygen atoms in total. The largest absolute Gasteiger partial charge is 0.309 e. The Bertz CT molecular complexity index is 784. The van der Waals surface area contributed by atoms with Crippen LogP contribution < -0.4 is 0 Å². The number of thiophene rings is 1. The molecule has 2 heterocycles. The van der Waals surface area contributed by atoms with Crippen LogP contribution >= 0.6 is 11.3 Å². The van der Waals surface area contributed by atoms with Gasteiger partial charge in [0, 0.05) is 12.1 Å². The second-order valence-corrected chi connectivity index (χ2v) is 4.86. The van der Waals surface area contributed by atoms with Gasteiger partial charge in [0.1, 0.15) is 6.54 Å². The van der Waals surface area contributed by atoms with Crippen LogP contribution in [0.4, 0.5) is 8.78 Å². The second kappa shape index (κ2) is 4.44. The van der Waals surface area contributed by atoms with Crippen LogP contribution in [0, 0.1) is 23.0 Å². The van der Waals surface area contributed by atoms with Gasteiger partial charge in [0.25, 0.3) is 0 Å². The standard InChI is InChI=1S/C13H7F2N3S/c14-8-6-10-11(7-9(8)15)18(4-3-16)13(17-10)12-2-1-5-19-12/h1-2,5-7H,4H2. The Morgan fingerprint density at radius 3 is 2.79 bits per heavy atom. The van der Waals surface area contributed by atoms with Gasteiger partial charge >= 0.3 is 0 Å². The van der Waals surface area contributed by atoms with E-state index >= 15 is 0 Å². The predicted octanol–water partition coefficient (Wildman–Crippen LogP) is 3.57. The number of benzene rings is 1. The normalized spacial score (nSPS) is 10.8. The maximum absolute atomic E-state index is 13.3.